The van der Waals surface area contributed by atoms with Gasteiger partial charge in [0.1, 0.15) is 0 Å². The quantitative estimate of drug-likeness (QED) is 0.747. The Kier molecular flexibility index (Phi) is 6.24. The number of hydrogen-bond donors (Lipinski definition) is 0. The Morgan fingerprint density at radius 2 is 1.80 bits per heavy atom. The Morgan fingerprint density at radius 1 is 1.10 bits per heavy atom. The summed E-state index contributed by atoms with van der Waals surface area (Å²) in [5, 5.41) is 0. The minimum atomic E-state index is 0.544. The van der Waals surface area contributed by atoms with E-state index in [2.05, 4.69) is 13.2 Å². The van der Waals surface area contributed by atoms with Crippen LogP contribution in [0.1, 0.15) is 25.0 Å². The number of nitrogens with zero attached hydrogens (tertiary/aromatic N) is 1. The molecule has 0 aromatic heterocycles. The molecule has 0 aliphatic carbocycles. The van der Waals surface area contributed by atoms with Crippen molar-refractivity contribution >= 4 is 12.5 Å². The molecule has 0 radical (unpaired) electrons. The molecule has 2 nitrogen and oxygen atoms in total. The van der Waals surface area contributed by atoms with Crippen molar-refractivity contribution in [3.05, 3.63) is 78.0 Å². The molecule has 1 aliphatic rings. The molecule has 1 aromatic rings. The Hall–Kier alpha value is -2.35. The third-order valence-corrected chi connectivity index (χ3v) is 2.98. The summed E-state index contributed by atoms with van der Waals surface area (Å²) in [6.07, 6.45) is 8.24. The van der Waals surface area contributed by atoms with Crippen molar-refractivity contribution in [3.8, 4) is 0 Å². The monoisotopic (exact) mass is 267 g/mol. The maximum atomic E-state index is 11.3. The summed E-state index contributed by atoms with van der Waals surface area (Å²) in [6.45, 7) is 12.1. The third kappa shape index (κ3) is 3.35. The summed E-state index contributed by atoms with van der Waals surface area (Å²) in [7, 11) is 0. The van der Waals surface area contributed by atoms with E-state index in [1.807, 2.05) is 50.3 Å². The van der Waals surface area contributed by atoms with E-state index in [-0.39, 0.29) is 0 Å². The van der Waals surface area contributed by atoms with Gasteiger partial charge in [-0.2, -0.15) is 0 Å². The van der Waals surface area contributed by atoms with E-state index >= 15 is 0 Å². The fraction of sp³-hybridized carbons (Fsp3) is 0.167. The van der Waals surface area contributed by atoms with E-state index in [0.29, 0.717) is 6.54 Å². The predicted octanol–water partition coefficient (Wildman–Crippen LogP) is 4.32. The zero-order valence-corrected chi connectivity index (χ0v) is 12.2. The first-order valence-corrected chi connectivity index (χ1v) is 6.77. The van der Waals surface area contributed by atoms with Crippen LogP contribution < -0.4 is 0 Å². The van der Waals surface area contributed by atoms with Crippen LogP contribution in [0.25, 0.3) is 6.08 Å². The van der Waals surface area contributed by atoms with Crippen molar-refractivity contribution in [1.29, 1.82) is 0 Å². The lowest BCUT2D eigenvalue weighted by Gasteiger charge is -2.23. The fourth-order valence-corrected chi connectivity index (χ4v) is 2.04. The number of carbonyl (C=O) groups excluding carboxylic acids is 1. The van der Waals surface area contributed by atoms with Gasteiger partial charge in [0.2, 0.25) is 6.41 Å². The molecule has 0 bridgehead atoms. The highest BCUT2D eigenvalue weighted by molar-refractivity contribution is 5.64. The molecule has 1 heterocycles. The lowest BCUT2D eigenvalue weighted by atomic mass is 10.0. The molecule has 0 atom stereocenters. The number of rotatable bonds is 3. The van der Waals surface area contributed by atoms with Crippen molar-refractivity contribution in [3.63, 3.8) is 0 Å². The minimum Gasteiger partial charge on any atom is -0.310 e. The Balaban J connectivity index is 0.000000956. The molecule has 104 valence electrons. The first-order chi connectivity index (χ1) is 9.80. The summed E-state index contributed by atoms with van der Waals surface area (Å²) in [4.78, 5) is 12.9. The number of amides is 1. The Bertz CT molecular complexity index is 552. The van der Waals surface area contributed by atoms with E-state index in [1.165, 1.54) is 0 Å². The molecule has 0 unspecified atom stereocenters. The van der Waals surface area contributed by atoms with Crippen LogP contribution in [0.5, 0.6) is 0 Å². The second kappa shape index (κ2) is 7.95. The third-order valence-electron chi connectivity index (χ3n) is 2.98. The molecule has 0 saturated heterocycles. The second-order valence-electron chi connectivity index (χ2n) is 4.01. The van der Waals surface area contributed by atoms with Crippen LogP contribution in [0.2, 0.25) is 0 Å². The summed E-state index contributed by atoms with van der Waals surface area (Å²) in [5.41, 5.74) is 3.91. The van der Waals surface area contributed by atoms with E-state index in [1.54, 1.807) is 17.1 Å². The van der Waals surface area contributed by atoms with Crippen LogP contribution >= 0.6 is 0 Å². The molecule has 1 aliphatic heterocycles. The number of fused-ring (bicyclic) bond motifs is 1. The van der Waals surface area contributed by atoms with Gasteiger partial charge < -0.3 is 4.90 Å². The summed E-state index contributed by atoms with van der Waals surface area (Å²) < 4.78 is 0. The molecule has 20 heavy (non-hydrogen) atoms. The minimum absolute atomic E-state index is 0.544. The summed E-state index contributed by atoms with van der Waals surface area (Å²) >= 11 is 0. The van der Waals surface area contributed by atoms with Crippen molar-refractivity contribution in [2.24, 2.45) is 0 Å². The van der Waals surface area contributed by atoms with Gasteiger partial charge in [-0.25, -0.2) is 0 Å². The molecule has 0 saturated carbocycles. The van der Waals surface area contributed by atoms with Gasteiger partial charge in [0.15, 0.2) is 0 Å². The van der Waals surface area contributed by atoms with Crippen LogP contribution in [-0.2, 0) is 11.3 Å². The molecule has 2 rings (SSSR count). The van der Waals surface area contributed by atoms with Crippen LogP contribution in [0, 0.1) is 0 Å². The molecule has 0 N–H and O–H groups in total. The largest absolute Gasteiger partial charge is 0.310 e. The topological polar surface area (TPSA) is 20.3 Å². The lowest BCUT2D eigenvalue weighted by molar-refractivity contribution is -0.116. The average Bonchev–Trinajstić information content (AvgIpc) is 2.50. The summed E-state index contributed by atoms with van der Waals surface area (Å²) in [6, 6.07) is 8.02. The molecule has 1 amide bonds. The SMILES string of the molecule is C=CC1=C(\C=C)N(C=O)Cc2ccccc2/C=C\1.CC. The second-order valence-corrected chi connectivity index (χ2v) is 4.01. The van der Waals surface area contributed by atoms with Crippen LogP contribution in [-0.4, -0.2) is 11.3 Å². The number of allylic oxidation sites excluding steroid dienone is 4. The molecule has 1 aromatic carbocycles. The maximum Gasteiger partial charge on any atom is 0.214 e. The van der Waals surface area contributed by atoms with Crippen molar-refractivity contribution in [2.45, 2.75) is 20.4 Å². The van der Waals surface area contributed by atoms with Crippen molar-refractivity contribution in [2.75, 3.05) is 0 Å². The van der Waals surface area contributed by atoms with E-state index in [9.17, 15) is 4.79 Å². The highest BCUT2D eigenvalue weighted by atomic mass is 16.1. The fourth-order valence-electron chi connectivity index (χ4n) is 2.04. The molecule has 2 heteroatoms. The van der Waals surface area contributed by atoms with Gasteiger partial charge in [0.25, 0.3) is 0 Å². The van der Waals surface area contributed by atoms with Crippen LogP contribution in [0.3, 0.4) is 0 Å². The van der Waals surface area contributed by atoms with Gasteiger partial charge in [-0.05, 0) is 22.8 Å². The highest BCUT2D eigenvalue weighted by Crippen LogP contribution is 2.23. The first-order valence-electron chi connectivity index (χ1n) is 6.77. The molecular formula is C18H21NO. The van der Waals surface area contributed by atoms with Gasteiger partial charge in [-0.15, -0.1) is 0 Å². The number of benzene rings is 1. The molecular weight excluding hydrogens is 246 g/mol. The standard InChI is InChI=1S/C16H15NO.C2H6/c1-3-13-9-10-14-7-5-6-8-15(14)11-17(12-18)16(13)4-2;1-2/h3-10,12H,1-2,11H2;1-2H3/b10-9-,16-13-;. The molecule has 0 fully saturated rings. The normalized spacial score (nSPS) is 18.6. The Morgan fingerprint density at radius 3 is 2.40 bits per heavy atom. The van der Waals surface area contributed by atoms with Gasteiger partial charge in [0.05, 0.1) is 12.2 Å². The van der Waals surface area contributed by atoms with Crippen molar-refractivity contribution in [1.82, 2.24) is 4.90 Å². The average molecular weight is 267 g/mol. The smallest absolute Gasteiger partial charge is 0.214 e. The molecule has 0 spiro atoms. The zero-order valence-electron chi connectivity index (χ0n) is 12.2. The number of carbonyl (C=O) groups is 1. The number of hydrogen-bond acceptors (Lipinski definition) is 1. The highest BCUT2D eigenvalue weighted by Gasteiger charge is 2.13. The van der Waals surface area contributed by atoms with Gasteiger partial charge in [-0.3, -0.25) is 4.79 Å². The summed E-state index contributed by atoms with van der Waals surface area (Å²) in [5.74, 6) is 0. The predicted molar refractivity (Wildman–Crippen MR) is 85.9 cm³/mol. The van der Waals surface area contributed by atoms with Gasteiger partial charge >= 0.3 is 0 Å². The lowest BCUT2D eigenvalue weighted by Crippen LogP contribution is -2.22. The van der Waals surface area contributed by atoms with E-state index in [0.717, 1.165) is 28.8 Å². The van der Waals surface area contributed by atoms with Crippen LogP contribution in [0.15, 0.2) is 66.9 Å². The zero-order chi connectivity index (χ0) is 15.0. The van der Waals surface area contributed by atoms with E-state index in [4.69, 9.17) is 0 Å². The van der Waals surface area contributed by atoms with Gasteiger partial charge in [-0.1, -0.05) is 69.5 Å². The Labute approximate surface area is 121 Å². The van der Waals surface area contributed by atoms with Gasteiger partial charge in [0, 0.05) is 0 Å². The maximum absolute atomic E-state index is 11.3. The van der Waals surface area contributed by atoms with Crippen molar-refractivity contribution < 1.29 is 4.79 Å². The van der Waals surface area contributed by atoms with E-state index < -0.39 is 0 Å². The first kappa shape index (κ1) is 15.7. The van der Waals surface area contributed by atoms with Crippen LogP contribution in [0.4, 0.5) is 0 Å².